The number of guanidine groups is 1. The Morgan fingerprint density at radius 1 is 1.36 bits per heavy atom. The third-order valence-corrected chi connectivity index (χ3v) is 5.78. The van der Waals surface area contributed by atoms with Crippen LogP contribution in [-0.2, 0) is 16.3 Å². The summed E-state index contributed by atoms with van der Waals surface area (Å²) < 4.78 is 22.5. The summed E-state index contributed by atoms with van der Waals surface area (Å²) in [5.41, 5.74) is 1.06. The Labute approximate surface area is 137 Å². The number of aromatic nitrogens is 1. The number of rotatable bonds is 6. The van der Waals surface area contributed by atoms with Crippen molar-refractivity contribution in [1.29, 1.82) is 0 Å². The maximum Gasteiger partial charge on any atom is 0.191 e. The first kappa shape index (κ1) is 18.7. The van der Waals surface area contributed by atoms with Crippen molar-refractivity contribution in [2.75, 3.05) is 26.4 Å². The van der Waals surface area contributed by atoms with E-state index in [2.05, 4.69) is 20.6 Å². The van der Waals surface area contributed by atoms with Gasteiger partial charge in [-0.25, -0.2) is 13.4 Å². The SMILES string of the molecule is CN=C(NCCc1ccc(Cl)nc1)NCC(C)(C)S(C)(=O)=O. The minimum Gasteiger partial charge on any atom is -0.356 e. The maximum atomic E-state index is 11.7. The molecule has 1 rings (SSSR count). The molecule has 0 radical (unpaired) electrons. The summed E-state index contributed by atoms with van der Waals surface area (Å²) in [5, 5.41) is 6.64. The van der Waals surface area contributed by atoms with E-state index in [1.807, 2.05) is 6.07 Å². The number of nitrogens with one attached hydrogen (secondary N) is 2. The minimum atomic E-state index is -3.14. The molecule has 0 aliphatic heterocycles. The largest absolute Gasteiger partial charge is 0.356 e. The van der Waals surface area contributed by atoms with Gasteiger partial charge in [-0.15, -0.1) is 0 Å². The quantitative estimate of drug-likeness (QED) is 0.460. The van der Waals surface area contributed by atoms with E-state index in [1.165, 1.54) is 6.26 Å². The Hall–Kier alpha value is -1.34. The summed E-state index contributed by atoms with van der Waals surface area (Å²) >= 11 is 5.73. The molecular formula is C14H23ClN4O2S. The summed E-state index contributed by atoms with van der Waals surface area (Å²) in [4.78, 5) is 8.10. The number of pyridine rings is 1. The fraction of sp³-hybridized carbons (Fsp3) is 0.571. The van der Waals surface area contributed by atoms with Crippen molar-refractivity contribution in [1.82, 2.24) is 15.6 Å². The van der Waals surface area contributed by atoms with E-state index in [0.717, 1.165) is 12.0 Å². The molecule has 1 heterocycles. The zero-order valence-electron chi connectivity index (χ0n) is 13.4. The second kappa shape index (κ2) is 7.78. The Balaban J connectivity index is 2.45. The monoisotopic (exact) mass is 346 g/mol. The first-order valence-electron chi connectivity index (χ1n) is 6.90. The van der Waals surface area contributed by atoms with Crippen molar-refractivity contribution in [3.8, 4) is 0 Å². The molecule has 2 N–H and O–H groups in total. The van der Waals surface area contributed by atoms with Gasteiger partial charge < -0.3 is 10.6 Å². The number of hydrogen-bond donors (Lipinski definition) is 2. The zero-order valence-corrected chi connectivity index (χ0v) is 14.9. The highest BCUT2D eigenvalue weighted by molar-refractivity contribution is 7.92. The van der Waals surface area contributed by atoms with Gasteiger partial charge in [0.2, 0.25) is 0 Å². The van der Waals surface area contributed by atoms with Crippen molar-refractivity contribution in [3.05, 3.63) is 29.0 Å². The molecule has 6 nitrogen and oxygen atoms in total. The van der Waals surface area contributed by atoms with Crippen molar-refractivity contribution >= 4 is 27.4 Å². The third-order valence-electron chi connectivity index (χ3n) is 3.40. The normalized spacial score (nSPS) is 13.0. The standard InChI is InChI=1S/C14H23ClN4O2S/c1-14(2,22(4,20)21)10-19-13(16-3)17-8-7-11-5-6-12(15)18-9-11/h5-6,9H,7-8,10H2,1-4H3,(H2,16,17,19). The molecule has 0 fully saturated rings. The number of sulfone groups is 1. The fourth-order valence-electron chi connectivity index (χ4n) is 1.53. The third kappa shape index (κ3) is 5.81. The lowest BCUT2D eigenvalue weighted by Crippen LogP contribution is -2.48. The van der Waals surface area contributed by atoms with Gasteiger partial charge in [0, 0.05) is 32.6 Å². The van der Waals surface area contributed by atoms with E-state index in [0.29, 0.717) is 17.7 Å². The molecule has 0 saturated carbocycles. The van der Waals surface area contributed by atoms with Crippen LogP contribution in [0.4, 0.5) is 0 Å². The van der Waals surface area contributed by atoms with Gasteiger partial charge in [0.25, 0.3) is 0 Å². The summed E-state index contributed by atoms with van der Waals surface area (Å²) in [6, 6.07) is 3.67. The van der Waals surface area contributed by atoms with Crippen LogP contribution in [-0.4, -0.2) is 50.5 Å². The van der Waals surface area contributed by atoms with Crippen molar-refractivity contribution < 1.29 is 8.42 Å². The summed E-state index contributed by atoms with van der Waals surface area (Å²) in [6.45, 7) is 4.31. The van der Waals surface area contributed by atoms with E-state index in [9.17, 15) is 8.42 Å². The van der Waals surface area contributed by atoms with Gasteiger partial charge in [-0.1, -0.05) is 17.7 Å². The molecule has 22 heavy (non-hydrogen) atoms. The van der Waals surface area contributed by atoms with Crippen molar-refractivity contribution in [2.45, 2.75) is 25.0 Å². The molecule has 1 aromatic heterocycles. The van der Waals surface area contributed by atoms with Crippen LogP contribution in [0.25, 0.3) is 0 Å². The number of halogens is 1. The van der Waals surface area contributed by atoms with Crippen LogP contribution in [0.15, 0.2) is 23.3 Å². The van der Waals surface area contributed by atoms with E-state index in [1.54, 1.807) is 33.2 Å². The molecule has 0 unspecified atom stereocenters. The molecule has 1 aromatic rings. The first-order valence-corrected chi connectivity index (χ1v) is 9.17. The van der Waals surface area contributed by atoms with E-state index < -0.39 is 14.6 Å². The predicted molar refractivity (Wildman–Crippen MR) is 91.2 cm³/mol. The van der Waals surface area contributed by atoms with E-state index in [4.69, 9.17) is 11.6 Å². The van der Waals surface area contributed by atoms with Gasteiger partial charge in [0.15, 0.2) is 15.8 Å². The lowest BCUT2D eigenvalue weighted by atomic mass is 10.2. The van der Waals surface area contributed by atoms with Crippen LogP contribution in [0.5, 0.6) is 0 Å². The molecule has 0 aliphatic rings. The van der Waals surface area contributed by atoms with Crippen LogP contribution in [0, 0.1) is 0 Å². The zero-order chi connectivity index (χ0) is 16.8. The van der Waals surface area contributed by atoms with Gasteiger partial charge in [-0.3, -0.25) is 4.99 Å². The topological polar surface area (TPSA) is 83.4 Å². The van der Waals surface area contributed by atoms with Gasteiger partial charge in [0.05, 0.1) is 4.75 Å². The Bertz CT molecular complexity index is 612. The lowest BCUT2D eigenvalue weighted by Gasteiger charge is -2.24. The van der Waals surface area contributed by atoms with E-state index >= 15 is 0 Å². The predicted octanol–water partition coefficient (Wildman–Crippen LogP) is 1.27. The van der Waals surface area contributed by atoms with Crippen molar-refractivity contribution in [3.63, 3.8) is 0 Å². The Morgan fingerprint density at radius 3 is 2.55 bits per heavy atom. The smallest absolute Gasteiger partial charge is 0.191 e. The minimum absolute atomic E-state index is 0.286. The van der Waals surface area contributed by atoms with Gasteiger partial charge in [0.1, 0.15) is 5.15 Å². The molecule has 8 heteroatoms. The number of hydrogen-bond acceptors (Lipinski definition) is 4. The fourth-order valence-corrected chi connectivity index (χ4v) is 1.97. The maximum absolute atomic E-state index is 11.7. The lowest BCUT2D eigenvalue weighted by molar-refractivity contribution is 0.544. The average Bonchev–Trinajstić information content (AvgIpc) is 2.43. The summed E-state index contributed by atoms with van der Waals surface area (Å²) in [6.07, 6.45) is 3.73. The average molecular weight is 347 g/mol. The first-order chi connectivity index (χ1) is 10.2. The summed E-state index contributed by atoms with van der Waals surface area (Å²) in [5.74, 6) is 0.568. The molecule has 0 bridgehead atoms. The van der Waals surface area contributed by atoms with Crippen LogP contribution in [0.3, 0.4) is 0 Å². The molecule has 124 valence electrons. The highest BCUT2D eigenvalue weighted by Crippen LogP contribution is 2.13. The molecule has 0 spiro atoms. The Kier molecular flexibility index (Phi) is 6.62. The Morgan fingerprint density at radius 2 is 2.05 bits per heavy atom. The molecule has 0 aliphatic carbocycles. The molecule has 0 amide bonds. The number of nitrogens with zero attached hydrogens (tertiary/aromatic N) is 2. The van der Waals surface area contributed by atoms with Gasteiger partial charge >= 0.3 is 0 Å². The highest BCUT2D eigenvalue weighted by atomic mass is 35.5. The molecular weight excluding hydrogens is 324 g/mol. The second-order valence-electron chi connectivity index (χ2n) is 5.62. The van der Waals surface area contributed by atoms with Gasteiger partial charge in [-0.05, 0) is 31.9 Å². The number of aliphatic imine (C=N–C) groups is 1. The van der Waals surface area contributed by atoms with Crippen LogP contribution < -0.4 is 10.6 Å². The highest BCUT2D eigenvalue weighted by Gasteiger charge is 2.30. The van der Waals surface area contributed by atoms with Gasteiger partial charge in [-0.2, -0.15) is 0 Å². The van der Waals surface area contributed by atoms with Crippen LogP contribution in [0.2, 0.25) is 5.15 Å². The molecule has 0 saturated heterocycles. The van der Waals surface area contributed by atoms with Crippen LogP contribution >= 0.6 is 11.6 Å². The van der Waals surface area contributed by atoms with Crippen LogP contribution in [0.1, 0.15) is 19.4 Å². The summed E-state index contributed by atoms with van der Waals surface area (Å²) in [7, 11) is -1.49. The van der Waals surface area contributed by atoms with E-state index in [-0.39, 0.29) is 6.54 Å². The molecule has 0 atom stereocenters. The molecule has 0 aromatic carbocycles. The second-order valence-corrected chi connectivity index (χ2v) is 8.66. The van der Waals surface area contributed by atoms with Crippen molar-refractivity contribution in [2.24, 2.45) is 4.99 Å².